The zero-order chi connectivity index (χ0) is 18.5. The largest absolute Gasteiger partial charge is 0.378 e. The van der Waals surface area contributed by atoms with Crippen LogP contribution in [0.4, 0.5) is 5.95 Å². The third-order valence-electron chi connectivity index (χ3n) is 4.75. The number of piperidine rings is 1. The van der Waals surface area contributed by atoms with E-state index in [0.717, 1.165) is 38.0 Å². The predicted molar refractivity (Wildman–Crippen MR) is 97.2 cm³/mol. The Bertz CT molecular complexity index is 654. The van der Waals surface area contributed by atoms with E-state index in [0.29, 0.717) is 32.3 Å². The highest BCUT2D eigenvalue weighted by atomic mass is 16.5. The van der Waals surface area contributed by atoms with Crippen LogP contribution in [0, 0.1) is 6.92 Å². The Morgan fingerprint density at radius 1 is 1.12 bits per heavy atom. The van der Waals surface area contributed by atoms with E-state index in [9.17, 15) is 9.59 Å². The molecule has 1 unspecified atom stereocenters. The molecule has 0 bridgehead atoms. The van der Waals surface area contributed by atoms with Crippen LogP contribution in [0.2, 0.25) is 0 Å². The summed E-state index contributed by atoms with van der Waals surface area (Å²) in [6, 6.07) is 1.08. The summed E-state index contributed by atoms with van der Waals surface area (Å²) in [6.45, 7) is 7.76. The molecule has 0 radical (unpaired) electrons. The molecule has 26 heavy (non-hydrogen) atoms. The van der Waals surface area contributed by atoms with Crippen LogP contribution < -0.4 is 10.2 Å². The summed E-state index contributed by atoms with van der Waals surface area (Å²) in [7, 11) is 0. The van der Waals surface area contributed by atoms with E-state index in [4.69, 9.17) is 4.74 Å². The molecule has 3 heterocycles. The first kappa shape index (κ1) is 18.6. The van der Waals surface area contributed by atoms with Crippen molar-refractivity contribution in [3.05, 3.63) is 17.5 Å². The number of carbonyl (C=O) groups is 2. The summed E-state index contributed by atoms with van der Waals surface area (Å²) in [4.78, 5) is 37.8. The number of ether oxygens (including phenoxy) is 1. The quantitative estimate of drug-likeness (QED) is 0.852. The van der Waals surface area contributed by atoms with Crippen LogP contribution in [0.25, 0.3) is 0 Å². The standard InChI is InChI=1S/C18H27N5O3/c1-13-12-15(21-18(19-13)23-8-10-26-11-9-23)16(24)20-14(2)17(25)22-6-4-3-5-7-22/h12,14H,3-11H2,1-2H3,(H,20,24). The van der Waals surface area contributed by atoms with Crippen molar-refractivity contribution in [3.63, 3.8) is 0 Å². The Morgan fingerprint density at radius 3 is 2.50 bits per heavy atom. The lowest BCUT2D eigenvalue weighted by atomic mass is 10.1. The molecule has 142 valence electrons. The SMILES string of the molecule is Cc1cc(C(=O)NC(C)C(=O)N2CCCCC2)nc(N2CCOCC2)n1. The number of morpholine rings is 1. The molecule has 2 amide bonds. The van der Waals surface area contributed by atoms with Gasteiger partial charge in [0.05, 0.1) is 13.2 Å². The van der Waals surface area contributed by atoms with Gasteiger partial charge in [-0.1, -0.05) is 0 Å². The first-order valence-electron chi connectivity index (χ1n) is 9.32. The van der Waals surface area contributed by atoms with Gasteiger partial charge in [-0.25, -0.2) is 9.97 Å². The van der Waals surface area contributed by atoms with Crippen molar-refractivity contribution in [2.24, 2.45) is 0 Å². The van der Waals surface area contributed by atoms with E-state index >= 15 is 0 Å². The van der Waals surface area contributed by atoms with Crippen molar-refractivity contribution in [3.8, 4) is 0 Å². The average molecular weight is 361 g/mol. The molecule has 0 aromatic carbocycles. The molecule has 2 saturated heterocycles. The monoisotopic (exact) mass is 361 g/mol. The lowest BCUT2D eigenvalue weighted by Crippen LogP contribution is -2.48. The molecule has 3 rings (SSSR count). The minimum absolute atomic E-state index is 0.0303. The van der Waals surface area contributed by atoms with Crippen LogP contribution in [0.5, 0.6) is 0 Å². The Kier molecular flexibility index (Phi) is 6.03. The maximum Gasteiger partial charge on any atom is 0.270 e. The molecule has 0 spiro atoms. The second-order valence-corrected chi connectivity index (χ2v) is 6.88. The Morgan fingerprint density at radius 2 is 1.81 bits per heavy atom. The number of nitrogens with one attached hydrogen (secondary N) is 1. The summed E-state index contributed by atoms with van der Waals surface area (Å²) < 4.78 is 5.35. The third-order valence-corrected chi connectivity index (χ3v) is 4.75. The number of aromatic nitrogens is 2. The van der Waals surface area contributed by atoms with Crippen LogP contribution in [-0.2, 0) is 9.53 Å². The Balaban J connectivity index is 1.66. The zero-order valence-corrected chi connectivity index (χ0v) is 15.5. The number of aryl methyl sites for hydroxylation is 1. The molecule has 0 aliphatic carbocycles. The van der Waals surface area contributed by atoms with Crippen LogP contribution >= 0.6 is 0 Å². The summed E-state index contributed by atoms with van der Waals surface area (Å²) in [5, 5.41) is 2.79. The Hall–Kier alpha value is -2.22. The Labute approximate surface area is 153 Å². The van der Waals surface area contributed by atoms with Crippen molar-refractivity contribution in [1.29, 1.82) is 0 Å². The van der Waals surface area contributed by atoms with E-state index in [1.165, 1.54) is 0 Å². The van der Waals surface area contributed by atoms with Gasteiger partial charge in [-0.3, -0.25) is 9.59 Å². The number of amides is 2. The van der Waals surface area contributed by atoms with Gasteiger partial charge in [-0.2, -0.15) is 0 Å². The third kappa shape index (κ3) is 4.49. The number of nitrogens with zero attached hydrogens (tertiary/aromatic N) is 4. The van der Waals surface area contributed by atoms with Gasteiger partial charge in [0.25, 0.3) is 5.91 Å². The molecule has 1 atom stereocenters. The van der Waals surface area contributed by atoms with Crippen LogP contribution in [0.1, 0.15) is 42.4 Å². The number of likely N-dealkylation sites (tertiary alicyclic amines) is 1. The van der Waals surface area contributed by atoms with Gasteiger partial charge in [-0.05, 0) is 39.2 Å². The molecule has 1 aromatic rings. The number of anilines is 1. The van der Waals surface area contributed by atoms with E-state index in [1.54, 1.807) is 13.0 Å². The topological polar surface area (TPSA) is 87.7 Å². The fourth-order valence-corrected chi connectivity index (χ4v) is 3.29. The molecular formula is C18H27N5O3. The number of hydrogen-bond acceptors (Lipinski definition) is 6. The van der Waals surface area contributed by atoms with E-state index in [2.05, 4.69) is 15.3 Å². The van der Waals surface area contributed by atoms with E-state index in [1.807, 2.05) is 16.7 Å². The predicted octanol–water partition coefficient (Wildman–Crippen LogP) is 0.752. The van der Waals surface area contributed by atoms with Gasteiger partial charge in [0.2, 0.25) is 11.9 Å². The van der Waals surface area contributed by atoms with Crippen molar-refractivity contribution in [1.82, 2.24) is 20.2 Å². The highest BCUT2D eigenvalue weighted by molar-refractivity contribution is 5.96. The van der Waals surface area contributed by atoms with Crippen molar-refractivity contribution in [2.75, 3.05) is 44.3 Å². The fourth-order valence-electron chi connectivity index (χ4n) is 3.29. The van der Waals surface area contributed by atoms with Crippen LogP contribution in [0.3, 0.4) is 0 Å². The van der Waals surface area contributed by atoms with Crippen LogP contribution in [0.15, 0.2) is 6.07 Å². The average Bonchev–Trinajstić information content (AvgIpc) is 2.68. The fraction of sp³-hybridized carbons (Fsp3) is 0.667. The summed E-state index contributed by atoms with van der Waals surface area (Å²) >= 11 is 0. The number of hydrogen-bond donors (Lipinski definition) is 1. The number of rotatable bonds is 4. The molecule has 8 heteroatoms. The minimum atomic E-state index is -0.567. The molecule has 2 aliphatic rings. The highest BCUT2D eigenvalue weighted by Crippen LogP contribution is 2.13. The summed E-state index contributed by atoms with van der Waals surface area (Å²) in [5.74, 6) is 0.161. The summed E-state index contributed by atoms with van der Waals surface area (Å²) in [6.07, 6.45) is 3.22. The van der Waals surface area contributed by atoms with Gasteiger partial charge < -0.3 is 19.9 Å². The molecule has 8 nitrogen and oxygen atoms in total. The smallest absolute Gasteiger partial charge is 0.270 e. The van der Waals surface area contributed by atoms with Crippen molar-refractivity contribution in [2.45, 2.75) is 39.2 Å². The maximum absolute atomic E-state index is 12.6. The van der Waals surface area contributed by atoms with Gasteiger partial charge in [0.1, 0.15) is 11.7 Å². The molecular weight excluding hydrogens is 334 g/mol. The lowest BCUT2D eigenvalue weighted by molar-refractivity contribution is -0.133. The molecule has 2 fully saturated rings. The zero-order valence-electron chi connectivity index (χ0n) is 15.5. The molecule has 2 aliphatic heterocycles. The van der Waals surface area contributed by atoms with Crippen LogP contribution in [-0.4, -0.2) is 72.1 Å². The van der Waals surface area contributed by atoms with Gasteiger partial charge in [0, 0.05) is 31.9 Å². The van der Waals surface area contributed by atoms with E-state index < -0.39 is 6.04 Å². The van der Waals surface area contributed by atoms with E-state index in [-0.39, 0.29) is 17.5 Å². The van der Waals surface area contributed by atoms with Crippen molar-refractivity contribution < 1.29 is 14.3 Å². The normalized spacial score (nSPS) is 19.2. The maximum atomic E-state index is 12.6. The highest BCUT2D eigenvalue weighted by Gasteiger charge is 2.25. The molecule has 1 aromatic heterocycles. The van der Waals surface area contributed by atoms with Gasteiger partial charge >= 0.3 is 0 Å². The first-order chi connectivity index (χ1) is 12.5. The second-order valence-electron chi connectivity index (χ2n) is 6.88. The van der Waals surface area contributed by atoms with Gasteiger partial charge in [-0.15, -0.1) is 0 Å². The second kappa shape index (κ2) is 8.44. The van der Waals surface area contributed by atoms with Crippen molar-refractivity contribution >= 4 is 17.8 Å². The first-order valence-corrected chi connectivity index (χ1v) is 9.32. The van der Waals surface area contributed by atoms with Gasteiger partial charge in [0.15, 0.2) is 0 Å². The molecule has 0 saturated carbocycles. The minimum Gasteiger partial charge on any atom is -0.378 e. The summed E-state index contributed by atoms with van der Waals surface area (Å²) in [5.41, 5.74) is 1.01. The number of carbonyl (C=O) groups excluding carboxylic acids is 2. The lowest BCUT2D eigenvalue weighted by Gasteiger charge is -2.29. The molecule has 1 N–H and O–H groups in total.